The third kappa shape index (κ3) is 4.67. The van der Waals surface area contributed by atoms with Crippen LogP contribution in [0.5, 0.6) is 11.5 Å². The molecule has 112 valence electrons. The zero-order valence-electron chi connectivity index (χ0n) is 11.3. The van der Waals surface area contributed by atoms with E-state index in [0.717, 1.165) is 11.8 Å². The lowest BCUT2D eigenvalue weighted by Crippen LogP contribution is -1.99. The highest BCUT2D eigenvalue weighted by Gasteiger charge is 2.10. The maximum atomic E-state index is 10.4. The topological polar surface area (TPSA) is 94.7 Å². The minimum absolute atomic E-state index is 0.0880. The highest BCUT2D eigenvalue weighted by atomic mass is 32.2. The van der Waals surface area contributed by atoms with Gasteiger partial charge in [-0.05, 0) is 19.1 Å². The molecule has 7 nitrogen and oxygen atoms in total. The smallest absolute Gasteiger partial charge is 0.314 e. The van der Waals surface area contributed by atoms with Crippen LogP contribution in [-0.2, 0) is 11.4 Å². The molecule has 1 N–H and O–H groups in total. The first-order valence-corrected chi connectivity index (χ1v) is 7.19. The molecule has 1 aromatic carbocycles. The van der Waals surface area contributed by atoms with Crippen LogP contribution in [0.15, 0.2) is 33.9 Å². The van der Waals surface area contributed by atoms with Crippen molar-refractivity contribution < 1.29 is 23.8 Å². The highest BCUT2D eigenvalue weighted by molar-refractivity contribution is 7.99. The predicted molar refractivity (Wildman–Crippen MR) is 74.6 cm³/mol. The van der Waals surface area contributed by atoms with Gasteiger partial charge in [-0.15, -0.1) is 10.2 Å². The number of nitrogens with zero attached hydrogens (tertiary/aromatic N) is 2. The molecule has 21 heavy (non-hydrogen) atoms. The second-order valence-electron chi connectivity index (χ2n) is 3.81. The molecule has 0 spiro atoms. The summed E-state index contributed by atoms with van der Waals surface area (Å²) in [4.78, 5) is 10.4. The number of aliphatic carboxylic acids is 1. The number of hydrogen-bond acceptors (Lipinski definition) is 7. The molecule has 0 unspecified atom stereocenters. The fourth-order valence-corrected chi connectivity index (χ4v) is 1.96. The van der Waals surface area contributed by atoms with Crippen molar-refractivity contribution in [1.29, 1.82) is 0 Å². The number of aromatic nitrogens is 2. The Kier molecular flexibility index (Phi) is 5.44. The van der Waals surface area contributed by atoms with Gasteiger partial charge in [0, 0.05) is 0 Å². The molecule has 0 saturated heterocycles. The van der Waals surface area contributed by atoms with Crippen molar-refractivity contribution in [3.8, 4) is 11.5 Å². The molecule has 2 rings (SSSR count). The second kappa shape index (κ2) is 7.53. The lowest BCUT2D eigenvalue weighted by molar-refractivity contribution is -0.133. The first-order chi connectivity index (χ1) is 10.2. The van der Waals surface area contributed by atoms with Crippen LogP contribution in [0.3, 0.4) is 0 Å². The average molecular weight is 310 g/mol. The molecular weight excluding hydrogens is 296 g/mol. The summed E-state index contributed by atoms with van der Waals surface area (Å²) in [5, 5.41) is 16.3. The zero-order chi connectivity index (χ0) is 15.1. The van der Waals surface area contributed by atoms with E-state index in [2.05, 4.69) is 10.2 Å². The van der Waals surface area contributed by atoms with Crippen LogP contribution in [0.1, 0.15) is 12.8 Å². The SMILES string of the molecule is CCOc1ccccc1OCc1nnc(SCC(=O)O)o1. The van der Waals surface area contributed by atoms with Crippen LogP contribution < -0.4 is 9.47 Å². The normalized spacial score (nSPS) is 10.3. The van der Waals surface area contributed by atoms with Gasteiger partial charge < -0.3 is 19.0 Å². The fraction of sp³-hybridized carbons (Fsp3) is 0.308. The van der Waals surface area contributed by atoms with Crippen molar-refractivity contribution in [2.45, 2.75) is 18.8 Å². The Morgan fingerprint density at radius 1 is 1.29 bits per heavy atom. The van der Waals surface area contributed by atoms with Crippen LogP contribution in [0.25, 0.3) is 0 Å². The van der Waals surface area contributed by atoms with Crippen LogP contribution >= 0.6 is 11.8 Å². The molecule has 0 fully saturated rings. The summed E-state index contributed by atoms with van der Waals surface area (Å²) in [6.07, 6.45) is 0. The zero-order valence-corrected chi connectivity index (χ0v) is 12.1. The van der Waals surface area contributed by atoms with E-state index in [9.17, 15) is 4.79 Å². The maximum Gasteiger partial charge on any atom is 0.314 e. The van der Waals surface area contributed by atoms with Crippen molar-refractivity contribution in [3.05, 3.63) is 30.2 Å². The third-order valence-corrected chi connectivity index (χ3v) is 3.07. The quantitative estimate of drug-likeness (QED) is 0.742. The van der Waals surface area contributed by atoms with Gasteiger partial charge in [0.15, 0.2) is 18.1 Å². The molecule has 0 aliphatic heterocycles. The Labute approximate surface area is 125 Å². The summed E-state index contributed by atoms with van der Waals surface area (Å²) >= 11 is 0.962. The molecule has 0 radical (unpaired) electrons. The number of carbonyl (C=O) groups is 1. The van der Waals surface area contributed by atoms with Gasteiger partial charge in [-0.3, -0.25) is 4.79 Å². The minimum Gasteiger partial charge on any atom is -0.490 e. The van der Waals surface area contributed by atoms with Gasteiger partial charge >= 0.3 is 5.97 Å². The predicted octanol–water partition coefficient (Wildman–Crippen LogP) is 2.22. The van der Waals surface area contributed by atoms with Crippen LogP contribution in [0.4, 0.5) is 0 Å². The standard InChI is InChI=1S/C13H14N2O5S/c1-2-18-9-5-3-4-6-10(9)19-7-11-14-15-13(20-11)21-8-12(16)17/h3-6H,2,7-8H2,1H3,(H,16,17). The lowest BCUT2D eigenvalue weighted by atomic mass is 10.3. The van der Waals surface area contributed by atoms with Crippen molar-refractivity contribution >= 4 is 17.7 Å². The van der Waals surface area contributed by atoms with Gasteiger partial charge in [-0.2, -0.15) is 0 Å². The molecule has 0 atom stereocenters. The molecule has 0 bridgehead atoms. The van der Waals surface area contributed by atoms with E-state index in [4.69, 9.17) is 19.0 Å². The molecule has 8 heteroatoms. The Morgan fingerprint density at radius 2 is 2.00 bits per heavy atom. The van der Waals surface area contributed by atoms with Crippen LogP contribution in [0, 0.1) is 0 Å². The van der Waals surface area contributed by atoms with Gasteiger partial charge in [0.05, 0.1) is 6.61 Å². The van der Waals surface area contributed by atoms with E-state index >= 15 is 0 Å². The number of thioether (sulfide) groups is 1. The first kappa shape index (κ1) is 15.2. The summed E-state index contributed by atoms with van der Waals surface area (Å²) < 4.78 is 16.3. The van der Waals surface area contributed by atoms with Gasteiger partial charge in [0.1, 0.15) is 5.75 Å². The number of carboxylic acid groups (broad SMARTS) is 1. The molecule has 0 saturated carbocycles. The largest absolute Gasteiger partial charge is 0.490 e. The van der Waals surface area contributed by atoms with E-state index in [-0.39, 0.29) is 23.5 Å². The van der Waals surface area contributed by atoms with Crippen LogP contribution in [-0.4, -0.2) is 33.6 Å². The molecular formula is C13H14N2O5S. The first-order valence-electron chi connectivity index (χ1n) is 6.20. The fourth-order valence-electron chi connectivity index (χ4n) is 1.46. The minimum atomic E-state index is -0.943. The van der Waals surface area contributed by atoms with Gasteiger partial charge in [-0.1, -0.05) is 23.9 Å². The number of hydrogen-bond donors (Lipinski definition) is 1. The van der Waals surface area contributed by atoms with Crippen molar-refractivity contribution in [2.75, 3.05) is 12.4 Å². The molecule has 0 aliphatic carbocycles. The van der Waals surface area contributed by atoms with E-state index in [1.165, 1.54) is 0 Å². The summed E-state index contributed by atoms with van der Waals surface area (Å²) in [7, 11) is 0. The third-order valence-electron chi connectivity index (χ3n) is 2.27. The van der Waals surface area contributed by atoms with Crippen molar-refractivity contribution in [1.82, 2.24) is 10.2 Å². The monoisotopic (exact) mass is 310 g/mol. The lowest BCUT2D eigenvalue weighted by Gasteiger charge is -2.09. The summed E-state index contributed by atoms with van der Waals surface area (Å²) in [6, 6.07) is 7.27. The highest BCUT2D eigenvalue weighted by Crippen LogP contribution is 2.27. The molecule has 2 aromatic rings. The molecule has 1 heterocycles. The van der Waals surface area contributed by atoms with Gasteiger partial charge in [0.25, 0.3) is 11.1 Å². The Balaban J connectivity index is 1.92. The second-order valence-corrected chi connectivity index (χ2v) is 4.74. The number of ether oxygens (including phenoxy) is 2. The van der Waals surface area contributed by atoms with E-state index < -0.39 is 5.97 Å². The summed E-state index contributed by atoms with van der Waals surface area (Å²) in [5.74, 6) is 0.420. The van der Waals surface area contributed by atoms with Gasteiger partial charge in [0.2, 0.25) is 0 Å². The summed E-state index contributed by atoms with van der Waals surface area (Å²) in [6.45, 7) is 2.52. The number of benzene rings is 1. The number of para-hydroxylation sites is 2. The van der Waals surface area contributed by atoms with Crippen LogP contribution in [0.2, 0.25) is 0 Å². The molecule has 1 aromatic heterocycles. The summed E-state index contributed by atoms with van der Waals surface area (Å²) in [5.41, 5.74) is 0. The molecule has 0 aliphatic rings. The number of rotatable bonds is 8. The van der Waals surface area contributed by atoms with E-state index in [1.807, 2.05) is 19.1 Å². The average Bonchev–Trinajstić information content (AvgIpc) is 2.92. The van der Waals surface area contributed by atoms with Gasteiger partial charge in [-0.25, -0.2) is 0 Å². The number of carboxylic acids is 1. The maximum absolute atomic E-state index is 10.4. The Hall–Kier alpha value is -2.22. The Morgan fingerprint density at radius 3 is 2.67 bits per heavy atom. The Bertz CT molecular complexity index is 602. The molecule has 0 amide bonds. The van der Waals surface area contributed by atoms with E-state index in [0.29, 0.717) is 18.1 Å². The van der Waals surface area contributed by atoms with Crippen molar-refractivity contribution in [3.63, 3.8) is 0 Å². The van der Waals surface area contributed by atoms with Crippen molar-refractivity contribution in [2.24, 2.45) is 0 Å². The van der Waals surface area contributed by atoms with E-state index in [1.54, 1.807) is 12.1 Å².